The van der Waals surface area contributed by atoms with E-state index in [9.17, 15) is 28.8 Å². The van der Waals surface area contributed by atoms with Gasteiger partial charge in [-0.15, -0.1) is 0 Å². The van der Waals surface area contributed by atoms with Crippen molar-refractivity contribution in [1.29, 1.82) is 0 Å². The molecule has 1 rings (SSSR count). The van der Waals surface area contributed by atoms with Gasteiger partial charge >= 0.3 is 12.6 Å². The summed E-state index contributed by atoms with van der Waals surface area (Å²) < 4.78 is 28.4. The summed E-state index contributed by atoms with van der Waals surface area (Å²) in [5.74, 6) is -2.56. The smallest absolute Gasteiger partial charge is 0.387 e. The maximum Gasteiger partial charge on any atom is 0.387 e. The van der Waals surface area contributed by atoms with Crippen LogP contribution < -0.4 is 4.74 Å². The minimum Gasteiger partial charge on any atom is -0.479 e. The lowest BCUT2D eigenvalue weighted by Gasteiger charge is -2.14. The Kier molecular flexibility index (Phi) is 4.33. The van der Waals surface area contributed by atoms with Crippen LogP contribution >= 0.6 is 0 Å². The molecule has 0 fully saturated rings. The molecule has 2 N–H and O–H groups in total. The van der Waals surface area contributed by atoms with Gasteiger partial charge in [0.2, 0.25) is 0 Å². The zero-order chi connectivity index (χ0) is 14.7. The molecule has 0 radical (unpaired) electrons. The Morgan fingerprint density at radius 2 is 2.05 bits per heavy atom. The number of alkyl halides is 2. The number of nitro benzene ring substituents is 1. The molecule has 1 unspecified atom stereocenters. The van der Waals surface area contributed by atoms with Gasteiger partial charge in [0.25, 0.3) is 5.69 Å². The second-order valence-electron chi connectivity index (χ2n) is 3.52. The fourth-order valence-corrected chi connectivity index (χ4v) is 1.53. The molecule has 1 aromatic rings. The Bertz CT molecular complexity index is 519. The van der Waals surface area contributed by atoms with Crippen molar-refractivity contribution in [2.75, 3.05) is 0 Å². The Balaban J connectivity index is 3.53. The molecule has 9 heteroatoms. The quantitative estimate of drug-likeness (QED) is 0.625. The number of aliphatic carboxylic acids is 1. The predicted octanol–water partition coefficient (Wildman–Crippen LogP) is 1.62. The van der Waals surface area contributed by atoms with Crippen molar-refractivity contribution in [3.05, 3.63) is 33.4 Å². The van der Waals surface area contributed by atoms with Crippen LogP contribution in [0.5, 0.6) is 5.75 Å². The molecule has 0 saturated heterocycles. The molecule has 0 heterocycles. The predicted molar refractivity (Wildman–Crippen MR) is 57.1 cm³/mol. The highest BCUT2D eigenvalue weighted by atomic mass is 19.3. The molecule has 7 nitrogen and oxygen atoms in total. The van der Waals surface area contributed by atoms with Gasteiger partial charge in [-0.3, -0.25) is 10.1 Å². The number of carbonyl (C=O) groups is 1. The second kappa shape index (κ2) is 5.57. The van der Waals surface area contributed by atoms with Crippen molar-refractivity contribution in [1.82, 2.24) is 0 Å². The van der Waals surface area contributed by atoms with Crippen molar-refractivity contribution in [2.24, 2.45) is 0 Å². The van der Waals surface area contributed by atoms with E-state index in [0.29, 0.717) is 0 Å². The standard InChI is InChI=1S/C10H9F2NO6/c1-4-2-3-5(19-10(11)12)6(7(4)13(17)18)8(14)9(15)16/h2-3,8,10,14H,1H3,(H,15,16). The number of carboxylic acid groups (broad SMARTS) is 1. The number of carboxylic acids is 1. The number of hydrogen-bond donors (Lipinski definition) is 2. The van der Waals surface area contributed by atoms with Gasteiger partial charge in [0.15, 0.2) is 6.10 Å². The third-order valence-corrected chi connectivity index (χ3v) is 2.28. The number of hydrogen-bond acceptors (Lipinski definition) is 5. The van der Waals surface area contributed by atoms with E-state index in [1.807, 2.05) is 0 Å². The number of nitrogens with zero attached hydrogens (tertiary/aromatic N) is 1. The first-order valence-corrected chi connectivity index (χ1v) is 4.89. The summed E-state index contributed by atoms with van der Waals surface area (Å²) in [6.07, 6.45) is -2.34. The second-order valence-corrected chi connectivity index (χ2v) is 3.52. The van der Waals surface area contributed by atoms with Crippen molar-refractivity contribution in [3.63, 3.8) is 0 Å². The van der Waals surface area contributed by atoms with Crippen LogP contribution in [0, 0.1) is 17.0 Å². The largest absolute Gasteiger partial charge is 0.479 e. The summed E-state index contributed by atoms with van der Waals surface area (Å²) in [7, 11) is 0. The minimum atomic E-state index is -3.30. The van der Waals surface area contributed by atoms with Gasteiger partial charge in [-0.05, 0) is 19.1 Å². The maximum atomic E-state index is 12.2. The normalized spacial score (nSPS) is 12.3. The number of nitro groups is 1. The number of ether oxygens (including phenoxy) is 1. The highest BCUT2D eigenvalue weighted by molar-refractivity contribution is 5.78. The molecule has 0 aliphatic heterocycles. The van der Waals surface area contributed by atoms with Crippen LogP contribution in [0.2, 0.25) is 0 Å². The van der Waals surface area contributed by atoms with Crippen LogP contribution in [-0.4, -0.2) is 27.7 Å². The van der Waals surface area contributed by atoms with Crippen LogP contribution in [0.3, 0.4) is 0 Å². The van der Waals surface area contributed by atoms with Gasteiger partial charge in [-0.2, -0.15) is 8.78 Å². The maximum absolute atomic E-state index is 12.2. The molecule has 19 heavy (non-hydrogen) atoms. The summed E-state index contributed by atoms with van der Waals surface area (Å²) >= 11 is 0. The third kappa shape index (κ3) is 3.13. The molecule has 104 valence electrons. The molecule has 0 aliphatic carbocycles. The van der Waals surface area contributed by atoms with E-state index in [4.69, 9.17) is 5.11 Å². The van der Waals surface area contributed by atoms with Crippen LogP contribution in [0.15, 0.2) is 12.1 Å². The number of benzene rings is 1. The monoisotopic (exact) mass is 277 g/mol. The Morgan fingerprint density at radius 3 is 2.47 bits per heavy atom. The van der Waals surface area contributed by atoms with Gasteiger partial charge < -0.3 is 14.9 Å². The van der Waals surface area contributed by atoms with Gasteiger partial charge in [-0.25, -0.2) is 4.79 Å². The van der Waals surface area contributed by atoms with E-state index in [1.165, 1.54) is 6.92 Å². The molecule has 0 spiro atoms. The molecule has 0 aliphatic rings. The highest BCUT2D eigenvalue weighted by Gasteiger charge is 2.32. The zero-order valence-corrected chi connectivity index (χ0v) is 9.54. The van der Waals surface area contributed by atoms with Gasteiger partial charge in [0, 0.05) is 5.56 Å². The molecule has 0 aromatic heterocycles. The van der Waals surface area contributed by atoms with Gasteiger partial charge in [0.1, 0.15) is 11.3 Å². The Labute approximate surface area is 105 Å². The average molecular weight is 277 g/mol. The average Bonchev–Trinajstić information content (AvgIpc) is 2.28. The first-order valence-electron chi connectivity index (χ1n) is 4.89. The van der Waals surface area contributed by atoms with Crippen molar-refractivity contribution in [3.8, 4) is 5.75 Å². The van der Waals surface area contributed by atoms with Crippen LogP contribution in [0.4, 0.5) is 14.5 Å². The van der Waals surface area contributed by atoms with Gasteiger partial charge in [-0.1, -0.05) is 0 Å². The molecule has 1 atom stereocenters. The number of aryl methyl sites for hydroxylation is 1. The zero-order valence-electron chi connectivity index (χ0n) is 9.54. The summed E-state index contributed by atoms with van der Waals surface area (Å²) in [4.78, 5) is 20.6. The molecule has 0 saturated carbocycles. The third-order valence-electron chi connectivity index (χ3n) is 2.28. The molecule has 0 amide bonds. The summed E-state index contributed by atoms with van der Waals surface area (Å²) in [6.45, 7) is -2.02. The van der Waals surface area contributed by atoms with Crippen molar-refractivity contribution >= 4 is 11.7 Å². The van der Waals surface area contributed by atoms with Crippen LogP contribution in [0.1, 0.15) is 17.2 Å². The molecular formula is C10H9F2NO6. The van der Waals surface area contributed by atoms with E-state index in [1.54, 1.807) is 0 Å². The van der Waals surface area contributed by atoms with Crippen molar-refractivity contribution in [2.45, 2.75) is 19.6 Å². The van der Waals surface area contributed by atoms with E-state index in [2.05, 4.69) is 4.74 Å². The molecule has 1 aromatic carbocycles. The number of halogens is 2. The number of aliphatic hydroxyl groups is 1. The Morgan fingerprint density at radius 1 is 1.47 bits per heavy atom. The van der Waals surface area contributed by atoms with Crippen molar-refractivity contribution < 1.29 is 33.4 Å². The molecular weight excluding hydrogens is 268 g/mol. The fourth-order valence-electron chi connectivity index (χ4n) is 1.53. The lowest BCUT2D eigenvalue weighted by Crippen LogP contribution is -2.16. The molecule has 0 bridgehead atoms. The first-order chi connectivity index (χ1) is 8.75. The lowest BCUT2D eigenvalue weighted by atomic mass is 10.0. The highest BCUT2D eigenvalue weighted by Crippen LogP contribution is 2.37. The summed E-state index contributed by atoms with van der Waals surface area (Å²) in [5, 5.41) is 29.0. The van der Waals surface area contributed by atoms with Crippen LogP contribution in [0.25, 0.3) is 0 Å². The van der Waals surface area contributed by atoms with E-state index < -0.39 is 40.6 Å². The van der Waals surface area contributed by atoms with Crippen LogP contribution in [-0.2, 0) is 4.79 Å². The summed E-state index contributed by atoms with van der Waals surface area (Å²) in [5.41, 5.74) is -1.56. The van der Waals surface area contributed by atoms with E-state index in [-0.39, 0.29) is 5.56 Å². The minimum absolute atomic E-state index is 0.0157. The fraction of sp³-hybridized carbons (Fsp3) is 0.300. The number of aliphatic hydroxyl groups excluding tert-OH is 1. The topological polar surface area (TPSA) is 110 Å². The SMILES string of the molecule is Cc1ccc(OC(F)F)c(C(O)C(=O)O)c1[N+](=O)[O-]. The van der Waals surface area contributed by atoms with E-state index >= 15 is 0 Å². The Hall–Kier alpha value is -2.29. The first kappa shape index (κ1) is 14.8. The summed E-state index contributed by atoms with van der Waals surface area (Å²) in [6, 6.07) is 2.06. The van der Waals surface area contributed by atoms with Gasteiger partial charge in [0.05, 0.1) is 4.92 Å². The lowest BCUT2D eigenvalue weighted by molar-refractivity contribution is -0.386. The van der Waals surface area contributed by atoms with E-state index in [0.717, 1.165) is 12.1 Å². The number of rotatable bonds is 5.